The standard InChI is InChI=1S/C20H19ClN4OS/c1-13(2)10-25-19(26)16-9-14(21)6-7-17(16)23-20(25)27-12-15-11-24-8-4-3-5-18(24)22-15/h3-9,11,13H,10,12H2,1-2H3. The van der Waals surface area contributed by atoms with Crippen molar-refractivity contribution in [3.05, 3.63) is 69.9 Å². The van der Waals surface area contributed by atoms with Gasteiger partial charge in [-0.3, -0.25) is 9.36 Å². The minimum absolute atomic E-state index is 0.0475. The molecule has 0 N–H and O–H groups in total. The van der Waals surface area contributed by atoms with Crippen molar-refractivity contribution in [3.63, 3.8) is 0 Å². The van der Waals surface area contributed by atoms with Gasteiger partial charge in [0.2, 0.25) is 0 Å². The first kappa shape index (κ1) is 18.1. The third-order valence-electron chi connectivity index (χ3n) is 4.19. The number of hydrogen-bond acceptors (Lipinski definition) is 4. The van der Waals surface area contributed by atoms with Gasteiger partial charge in [-0.1, -0.05) is 43.3 Å². The van der Waals surface area contributed by atoms with Crippen LogP contribution in [0, 0.1) is 5.92 Å². The molecule has 1 aromatic carbocycles. The number of nitrogens with zero attached hydrogens (tertiary/aromatic N) is 4. The number of imidazole rings is 1. The van der Waals surface area contributed by atoms with Crippen LogP contribution in [-0.4, -0.2) is 18.9 Å². The molecule has 5 nitrogen and oxygen atoms in total. The van der Waals surface area contributed by atoms with E-state index >= 15 is 0 Å². The quantitative estimate of drug-likeness (QED) is 0.363. The van der Waals surface area contributed by atoms with Crippen molar-refractivity contribution in [2.24, 2.45) is 5.92 Å². The minimum Gasteiger partial charge on any atom is -0.307 e. The van der Waals surface area contributed by atoms with Crippen LogP contribution in [0.25, 0.3) is 16.6 Å². The van der Waals surface area contributed by atoms with Crippen molar-refractivity contribution < 1.29 is 0 Å². The van der Waals surface area contributed by atoms with Crippen LogP contribution < -0.4 is 5.56 Å². The summed E-state index contributed by atoms with van der Waals surface area (Å²) < 4.78 is 3.75. The van der Waals surface area contributed by atoms with Crippen molar-refractivity contribution >= 4 is 39.9 Å². The van der Waals surface area contributed by atoms with Crippen molar-refractivity contribution in [1.29, 1.82) is 0 Å². The second kappa shape index (κ2) is 7.37. The van der Waals surface area contributed by atoms with Gasteiger partial charge >= 0.3 is 0 Å². The summed E-state index contributed by atoms with van der Waals surface area (Å²) in [7, 11) is 0. The smallest absolute Gasteiger partial charge is 0.262 e. The summed E-state index contributed by atoms with van der Waals surface area (Å²) in [6.45, 7) is 4.79. The third-order valence-corrected chi connectivity index (χ3v) is 5.44. The fourth-order valence-electron chi connectivity index (χ4n) is 3.00. The summed E-state index contributed by atoms with van der Waals surface area (Å²) in [6.07, 6.45) is 3.98. The molecular weight excluding hydrogens is 380 g/mol. The molecule has 0 atom stereocenters. The molecular formula is C20H19ClN4OS. The highest BCUT2D eigenvalue weighted by atomic mass is 35.5. The van der Waals surface area contributed by atoms with Crippen LogP contribution >= 0.6 is 23.4 Å². The van der Waals surface area contributed by atoms with Crippen LogP contribution in [0.5, 0.6) is 0 Å². The molecule has 27 heavy (non-hydrogen) atoms. The lowest BCUT2D eigenvalue weighted by Crippen LogP contribution is -2.25. The number of halogens is 1. The van der Waals surface area contributed by atoms with Crippen LogP contribution in [0.4, 0.5) is 0 Å². The highest BCUT2D eigenvalue weighted by Gasteiger charge is 2.14. The molecule has 138 valence electrons. The molecule has 0 aliphatic heterocycles. The molecule has 3 aromatic heterocycles. The molecule has 0 unspecified atom stereocenters. The Labute approximate surface area is 166 Å². The molecule has 0 amide bonds. The van der Waals surface area contributed by atoms with Crippen molar-refractivity contribution in [1.82, 2.24) is 18.9 Å². The Balaban J connectivity index is 1.72. The Morgan fingerprint density at radius 2 is 2.04 bits per heavy atom. The molecule has 0 aliphatic carbocycles. The predicted molar refractivity (Wildman–Crippen MR) is 111 cm³/mol. The number of thioether (sulfide) groups is 1. The van der Waals surface area contributed by atoms with Gasteiger partial charge < -0.3 is 4.40 Å². The highest BCUT2D eigenvalue weighted by molar-refractivity contribution is 7.98. The van der Waals surface area contributed by atoms with Gasteiger partial charge in [-0.15, -0.1) is 0 Å². The van der Waals surface area contributed by atoms with E-state index in [2.05, 4.69) is 18.8 Å². The normalized spacial score (nSPS) is 11.7. The van der Waals surface area contributed by atoms with Crippen LogP contribution in [0.3, 0.4) is 0 Å². The first-order chi connectivity index (χ1) is 13.0. The van der Waals surface area contributed by atoms with E-state index in [4.69, 9.17) is 16.6 Å². The molecule has 0 radical (unpaired) electrons. The summed E-state index contributed by atoms with van der Waals surface area (Å²) in [6, 6.07) is 11.2. The Kier molecular flexibility index (Phi) is 4.93. The van der Waals surface area contributed by atoms with E-state index in [0.29, 0.717) is 39.3 Å². The van der Waals surface area contributed by atoms with Crippen molar-refractivity contribution in [2.45, 2.75) is 31.3 Å². The Hall–Kier alpha value is -2.31. The summed E-state index contributed by atoms with van der Waals surface area (Å²) in [5, 5.41) is 1.81. The molecule has 7 heteroatoms. The molecule has 0 fully saturated rings. The predicted octanol–water partition coefficient (Wildman–Crippen LogP) is 4.65. The van der Waals surface area contributed by atoms with Crippen LogP contribution in [0.2, 0.25) is 5.02 Å². The van der Waals surface area contributed by atoms with Crippen molar-refractivity contribution in [3.8, 4) is 0 Å². The SMILES string of the molecule is CC(C)Cn1c(SCc2cn3ccccc3n2)nc2ccc(Cl)cc2c1=O. The first-order valence-electron chi connectivity index (χ1n) is 8.77. The van der Waals surface area contributed by atoms with E-state index < -0.39 is 0 Å². The van der Waals surface area contributed by atoms with E-state index in [0.717, 1.165) is 11.3 Å². The minimum atomic E-state index is -0.0475. The number of aromatic nitrogens is 4. The summed E-state index contributed by atoms with van der Waals surface area (Å²) in [4.78, 5) is 22.4. The lowest BCUT2D eigenvalue weighted by Gasteiger charge is -2.14. The lowest BCUT2D eigenvalue weighted by molar-refractivity contribution is 0.475. The number of hydrogen-bond donors (Lipinski definition) is 0. The number of fused-ring (bicyclic) bond motifs is 2. The maximum absolute atomic E-state index is 13.0. The number of rotatable bonds is 5. The monoisotopic (exact) mass is 398 g/mol. The zero-order chi connectivity index (χ0) is 19.0. The maximum Gasteiger partial charge on any atom is 0.262 e. The second-order valence-corrected chi connectivity index (χ2v) is 8.23. The summed E-state index contributed by atoms with van der Waals surface area (Å²) in [5.41, 5.74) is 2.48. The largest absolute Gasteiger partial charge is 0.307 e. The number of pyridine rings is 1. The van der Waals surface area contributed by atoms with E-state index in [1.165, 1.54) is 11.8 Å². The van der Waals surface area contributed by atoms with Crippen LogP contribution in [0.1, 0.15) is 19.5 Å². The zero-order valence-electron chi connectivity index (χ0n) is 15.1. The van der Waals surface area contributed by atoms with E-state index in [1.54, 1.807) is 22.8 Å². The Morgan fingerprint density at radius 1 is 1.19 bits per heavy atom. The van der Waals surface area contributed by atoms with E-state index in [-0.39, 0.29) is 5.56 Å². The molecule has 0 saturated carbocycles. The fraction of sp³-hybridized carbons (Fsp3) is 0.250. The average molecular weight is 399 g/mol. The zero-order valence-corrected chi connectivity index (χ0v) is 16.7. The average Bonchev–Trinajstić information content (AvgIpc) is 3.06. The van der Waals surface area contributed by atoms with E-state index in [9.17, 15) is 4.79 Å². The second-order valence-electron chi connectivity index (χ2n) is 6.85. The third kappa shape index (κ3) is 3.73. The topological polar surface area (TPSA) is 52.2 Å². The Morgan fingerprint density at radius 3 is 2.81 bits per heavy atom. The van der Waals surface area contributed by atoms with Gasteiger partial charge in [0, 0.05) is 29.7 Å². The van der Waals surface area contributed by atoms with Gasteiger partial charge in [0.25, 0.3) is 5.56 Å². The van der Waals surface area contributed by atoms with Gasteiger partial charge in [0.15, 0.2) is 5.16 Å². The lowest BCUT2D eigenvalue weighted by atomic mass is 10.2. The molecule has 0 saturated heterocycles. The van der Waals surface area contributed by atoms with Crippen LogP contribution in [-0.2, 0) is 12.3 Å². The molecule has 4 aromatic rings. The van der Waals surface area contributed by atoms with E-state index in [1.807, 2.05) is 35.0 Å². The van der Waals surface area contributed by atoms with Crippen LogP contribution in [0.15, 0.2) is 58.7 Å². The van der Waals surface area contributed by atoms with Gasteiger partial charge in [-0.25, -0.2) is 9.97 Å². The van der Waals surface area contributed by atoms with Crippen molar-refractivity contribution in [2.75, 3.05) is 0 Å². The molecule has 0 aliphatic rings. The van der Waals surface area contributed by atoms with Gasteiger partial charge in [-0.2, -0.15) is 0 Å². The van der Waals surface area contributed by atoms with Gasteiger partial charge in [-0.05, 0) is 36.2 Å². The van der Waals surface area contributed by atoms with Gasteiger partial charge in [0.1, 0.15) is 5.65 Å². The fourth-order valence-corrected chi connectivity index (χ4v) is 4.07. The summed E-state index contributed by atoms with van der Waals surface area (Å²) in [5.74, 6) is 0.973. The number of benzene rings is 1. The first-order valence-corrected chi connectivity index (χ1v) is 10.1. The molecule has 0 spiro atoms. The Bertz CT molecular complexity index is 1150. The summed E-state index contributed by atoms with van der Waals surface area (Å²) >= 11 is 7.61. The molecule has 3 heterocycles. The van der Waals surface area contributed by atoms with Gasteiger partial charge in [0.05, 0.1) is 16.6 Å². The molecule has 0 bridgehead atoms. The highest BCUT2D eigenvalue weighted by Crippen LogP contribution is 2.24. The maximum atomic E-state index is 13.0. The molecule has 4 rings (SSSR count).